The quantitative estimate of drug-likeness (QED) is 0.864. The molecule has 0 aliphatic carbocycles. The Hall–Kier alpha value is -2.06. The highest BCUT2D eigenvalue weighted by molar-refractivity contribution is 5.78. The van der Waals surface area contributed by atoms with Crippen molar-refractivity contribution in [1.29, 1.82) is 5.26 Å². The van der Waals surface area contributed by atoms with E-state index < -0.39 is 0 Å². The van der Waals surface area contributed by atoms with Gasteiger partial charge in [0.1, 0.15) is 11.8 Å². The summed E-state index contributed by atoms with van der Waals surface area (Å²) in [4.78, 5) is 13.9. The molecule has 1 heterocycles. The fourth-order valence-corrected chi connectivity index (χ4v) is 2.43. The summed E-state index contributed by atoms with van der Waals surface area (Å²) in [7, 11) is 0. The van der Waals surface area contributed by atoms with E-state index in [1.165, 1.54) is 6.42 Å². The Morgan fingerprint density at radius 3 is 2.90 bits per heavy atom. The normalized spacial score (nSPS) is 14.5. The number of ether oxygens (including phenoxy) is 1. The third kappa shape index (κ3) is 5.09. The molecule has 21 heavy (non-hydrogen) atoms. The van der Waals surface area contributed by atoms with Crippen molar-refractivity contribution in [2.24, 2.45) is 0 Å². The Kier molecular flexibility index (Phi) is 6.04. The SMILES string of the molecule is N#CCOc1cccc(CNCC(=O)N2CCCCC2)c1. The second-order valence-corrected chi connectivity index (χ2v) is 5.14. The lowest BCUT2D eigenvalue weighted by atomic mass is 10.1. The zero-order valence-electron chi connectivity index (χ0n) is 12.2. The summed E-state index contributed by atoms with van der Waals surface area (Å²) in [6.45, 7) is 2.80. The van der Waals surface area contributed by atoms with Gasteiger partial charge in [-0.3, -0.25) is 4.79 Å². The molecule has 1 aliphatic rings. The Bertz CT molecular complexity index is 504. The van der Waals surface area contributed by atoms with Crippen molar-refractivity contribution < 1.29 is 9.53 Å². The van der Waals surface area contributed by atoms with E-state index in [4.69, 9.17) is 10.00 Å². The van der Waals surface area contributed by atoms with E-state index in [1.807, 2.05) is 35.2 Å². The zero-order valence-corrected chi connectivity index (χ0v) is 12.2. The second-order valence-electron chi connectivity index (χ2n) is 5.14. The number of nitrogens with zero attached hydrogens (tertiary/aromatic N) is 2. The number of piperidine rings is 1. The molecule has 2 rings (SSSR count). The average Bonchev–Trinajstić information content (AvgIpc) is 2.54. The van der Waals surface area contributed by atoms with Crippen LogP contribution in [0.1, 0.15) is 24.8 Å². The number of hydrogen-bond donors (Lipinski definition) is 1. The van der Waals surface area contributed by atoms with Crippen molar-refractivity contribution in [3.05, 3.63) is 29.8 Å². The monoisotopic (exact) mass is 287 g/mol. The molecule has 1 saturated heterocycles. The number of likely N-dealkylation sites (tertiary alicyclic amines) is 1. The van der Waals surface area contributed by atoms with E-state index in [0.717, 1.165) is 31.5 Å². The van der Waals surface area contributed by atoms with Gasteiger partial charge in [0.25, 0.3) is 0 Å². The standard InChI is InChI=1S/C16H21N3O2/c17-7-10-21-15-6-4-5-14(11-15)12-18-13-16(20)19-8-2-1-3-9-19/h4-6,11,18H,1-3,8-10,12-13H2. The molecule has 1 aromatic rings. The van der Waals surface area contributed by atoms with Crippen LogP contribution in [0.2, 0.25) is 0 Å². The third-order valence-corrected chi connectivity index (χ3v) is 3.52. The first-order valence-corrected chi connectivity index (χ1v) is 7.37. The van der Waals surface area contributed by atoms with E-state index in [9.17, 15) is 4.79 Å². The van der Waals surface area contributed by atoms with Gasteiger partial charge < -0.3 is 15.0 Å². The van der Waals surface area contributed by atoms with Gasteiger partial charge in [-0.05, 0) is 37.0 Å². The van der Waals surface area contributed by atoms with Gasteiger partial charge in [0.15, 0.2) is 6.61 Å². The summed E-state index contributed by atoms with van der Waals surface area (Å²) in [5.41, 5.74) is 1.04. The van der Waals surface area contributed by atoms with Crippen LogP contribution in [0.3, 0.4) is 0 Å². The summed E-state index contributed by atoms with van der Waals surface area (Å²) >= 11 is 0. The molecule has 0 aromatic heterocycles. The summed E-state index contributed by atoms with van der Waals surface area (Å²) < 4.78 is 5.25. The van der Waals surface area contributed by atoms with Crippen molar-refractivity contribution in [2.45, 2.75) is 25.8 Å². The molecule has 5 nitrogen and oxygen atoms in total. The number of hydrogen-bond acceptors (Lipinski definition) is 4. The summed E-state index contributed by atoms with van der Waals surface area (Å²) in [5.74, 6) is 0.852. The van der Waals surface area contributed by atoms with Gasteiger partial charge in [0, 0.05) is 19.6 Å². The Labute approximate surface area is 125 Å². The molecule has 0 atom stereocenters. The highest BCUT2D eigenvalue weighted by atomic mass is 16.5. The minimum absolute atomic E-state index is 0.0460. The summed E-state index contributed by atoms with van der Waals surface area (Å²) in [6, 6.07) is 9.50. The topological polar surface area (TPSA) is 65.4 Å². The average molecular weight is 287 g/mol. The molecule has 0 radical (unpaired) electrons. The van der Waals surface area contributed by atoms with Gasteiger partial charge in [-0.15, -0.1) is 0 Å². The Morgan fingerprint density at radius 2 is 2.14 bits per heavy atom. The van der Waals surface area contributed by atoms with Crippen LogP contribution in [0.4, 0.5) is 0 Å². The molecule has 1 N–H and O–H groups in total. The Morgan fingerprint density at radius 1 is 1.33 bits per heavy atom. The predicted octanol–water partition coefficient (Wildman–Crippen LogP) is 1.69. The molecule has 0 unspecified atom stereocenters. The van der Waals surface area contributed by atoms with Crippen molar-refractivity contribution >= 4 is 5.91 Å². The van der Waals surface area contributed by atoms with Crippen molar-refractivity contribution in [2.75, 3.05) is 26.2 Å². The molecule has 1 aromatic carbocycles. The molecular formula is C16H21N3O2. The smallest absolute Gasteiger partial charge is 0.236 e. The molecular weight excluding hydrogens is 266 g/mol. The van der Waals surface area contributed by atoms with Crippen molar-refractivity contribution in [3.63, 3.8) is 0 Å². The van der Waals surface area contributed by atoms with Gasteiger partial charge in [-0.25, -0.2) is 0 Å². The highest BCUT2D eigenvalue weighted by Gasteiger charge is 2.15. The first kappa shape index (κ1) is 15.3. The zero-order chi connectivity index (χ0) is 14.9. The van der Waals surface area contributed by atoms with Crippen LogP contribution < -0.4 is 10.1 Å². The van der Waals surface area contributed by atoms with Crippen LogP contribution >= 0.6 is 0 Å². The summed E-state index contributed by atoms with van der Waals surface area (Å²) in [6.07, 6.45) is 3.46. The van der Waals surface area contributed by atoms with E-state index >= 15 is 0 Å². The first-order chi connectivity index (χ1) is 10.3. The lowest BCUT2D eigenvalue weighted by Gasteiger charge is -2.26. The van der Waals surface area contributed by atoms with Gasteiger partial charge in [-0.2, -0.15) is 5.26 Å². The van der Waals surface area contributed by atoms with Crippen LogP contribution in [0.15, 0.2) is 24.3 Å². The molecule has 0 saturated carbocycles. The number of amides is 1. The predicted molar refractivity (Wildman–Crippen MR) is 79.7 cm³/mol. The number of benzene rings is 1. The number of carbonyl (C=O) groups is 1. The molecule has 1 amide bonds. The fraction of sp³-hybridized carbons (Fsp3) is 0.500. The lowest BCUT2D eigenvalue weighted by Crippen LogP contribution is -2.40. The minimum atomic E-state index is 0.0460. The van der Waals surface area contributed by atoms with Crippen LogP contribution in [-0.4, -0.2) is 37.0 Å². The van der Waals surface area contributed by atoms with E-state index in [-0.39, 0.29) is 12.5 Å². The van der Waals surface area contributed by atoms with Gasteiger partial charge in [-0.1, -0.05) is 12.1 Å². The molecule has 112 valence electrons. The van der Waals surface area contributed by atoms with Crippen LogP contribution in [0, 0.1) is 11.3 Å². The van der Waals surface area contributed by atoms with Crippen molar-refractivity contribution in [3.8, 4) is 11.8 Å². The number of rotatable bonds is 6. The van der Waals surface area contributed by atoms with Gasteiger partial charge in [0.2, 0.25) is 5.91 Å². The fourth-order valence-electron chi connectivity index (χ4n) is 2.43. The number of carbonyl (C=O) groups excluding carboxylic acids is 1. The van der Waals surface area contributed by atoms with E-state index in [1.54, 1.807) is 0 Å². The molecule has 0 bridgehead atoms. The van der Waals surface area contributed by atoms with E-state index in [2.05, 4.69) is 5.32 Å². The maximum absolute atomic E-state index is 12.0. The second kappa shape index (κ2) is 8.28. The van der Waals surface area contributed by atoms with Gasteiger partial charge >= 0.3 is 0 Å². The maximum atomic E-state index is 12.0. The van der Waals surface area contributed by atoms with Crippen molar-refractivity contribution in [1.82, 2.24) is 10.2 Å². The van der Waals surface area contributed by atoms with Crippen LogP contribution in [-0.2, 0) is 11.3 Å². The largest absolute Gasteiger partial charge is 0.479 e. The lowest BCUT2D eigenvalue weighted by molar-refractivity contribution is -0.131. The third-order valence-electron chi connectivity index (χ3n) is 3.52. The van der Waals surface area contributed by atoms with Gasteiger partial charge in [0.05, 0.1) is 6.54 Å². The van der Waals surface area contributed by atoms with Crippen LogP contribution in [0.25, 0.3) is 0 Å². The summed E-state index contributed by atoms with van der Waals surface area (Å²) in [5, 5.41) is 11.7. The molecule has 1 fully saturated rings. The minimum Gasteiger partial charge on any atom is -0.479 e. The maximum Gasteiger partial charge on any atom is 0.236 e. The Balaban J connectivity index is 1.75. The molecule has 5 heteroatoms. The first-order valence-electron chi connectivity index (χ1n) is 7.37. The van der Waals surface area contributed by atoms with Crippen LogP contribution in [0.5, 0.6) is 5.75 Å². The molecule has 0 spiro atoms. The van der Waals surface area contributed by atoms with E-state index in [0.29, 0.717) is 18.8 Å². The number of nitrogens with one attached hydrogen (secondary N) is 1. The number of nitriles is 1. The molecule has 1 aliphatic heterocycles. The highest BCUT2D eigenvalue weighted by Crippen LogP contribution is 2.13.